The van der Waals surface area contributed by atoms with E-state index >= 15 is 0 Å². The van der Waals surface area contributed by atoms with E-state index in [0.29, 0.717) is 49.7 Å². The Morgan fingerprint density at radius 1 is 1.19 bits per heavy atom. The second-order valence-electron chi connectivity index (χ2n) is 7.33. The van der Waals surface area contributed by atoms with Gasteiger partial charge in [-0.2, -0.15) is 18.3 Å². The van der Waals surface area contributed by atoms with Crippen LogP contribution in [-0.2, 0) is 12.7 Å². The van der Waals surface area contributed by atoms with Crippen LogP contribution in [0.2, 0.25) is 5.02 Å². The molecule has 1 aliphatic heterocycles. The van der Waals surface area contributed by atoms with Crippen molar-refractivity contribution in [1.29, 1.82) is 0 Å². The Bertz CT molecular complexity index is 978. The maximum atomic E-state index is 14.1. The highest BCUT2D eigenvalue weighted by molar-refractivity contribution is 7.80. The van der Waals surface area contributed by atoms with Gasteiger partial charge in [0.1, 0.15) is 5.82 Å². The van der Waals surface area contributed by atoms with Crippen molar-refractivity contribution in [2.45, 2.75) is 19.1 Å². The molecule has 3 N–H and O–H groups in total. The molecule has 1 heterocycles. The quantitative estimate of drug-likeness (QED) is 0.284. The minimum atomic E-state index is -4.54. The number of nitrogens with one attached hydrogen (secondary N) is 1. The fraction of sp³-hybridized carbons (Fsp3) is 0.333. The van der Waals surface area contributed by atoms with Crippen LogP contribution in [-0.4, -0.2) is 42.4 Å². The summed E-state index contributed by atoms with van der Waals surface area (Å²) >= 11 is 10.7. The number of hydrogen-bond acceptors (Lipinski definition) is 4. The van der Waals surface area contributed by atoms with Crippen LogP contribution in [0.1, 0.15) is 23.1 Å². The first-order chi connectivity index (χ1) is 15.1. The van der Waals surface area contributed by atoms with Gasteiger partial charge in [-0.05, 0) is 48.5 Å². The number of alkyl halides is 3. The number of anilines is 1. The van der Waals surface area contributed by atoms with Crippen LogP contribution in [0, 0.1) is 5.82 Å². The third-order valence-corrected chi connectivity index (χ3v) is 5.53. The maximum Gasteiger partial charge on any atom is 0.418 e. The molecule has 1 aliphatic rings. The monoisotopic (exact) mass is 487 g/mol. The zero-order valence-corrected chi connectivity index (χ0v) is 18.6. The molecule has 3 rings (SSSR count). The van der Waals surface area contributed by atoms with Gasteiger partial charge >= 0.3 is 6.18 Å². The van der Waals surface area contributed by atoms with Gasteiger partial charge in [-0.15, -0.1) is 0 Å². The second kappa shape index (κ2) is 10.5. The molecule has 0 aliphatic carbocycles. The van der Waals surface area contributed by atoms with Crippen LogP contribution in [0.3, 0.4) is 0 Å². The van der Waals surface area contributed by atoms with E-state index in [1.807, 2.05) is 4.90 Å². The molecule has 2 aromatic rings. The molecule has 32 heavy (non-hydrogen) atoms. The normalized spacial score (nSPS) is 15.7. The van der Waals surface area contributed by atoms with Gasteiger partial charge in [0, 0.05) is 49.0 Å². The molecule has 0 saturated carbocycles. The fourth-order valence-corrected chi connectivity index (χ4v) is 3.86. The summed E-state index contributed by atoms with van der Waals surface area (Å²) in [6.45, 7) is 2.21. The smallest absolute Gasteiger partial charge is 0.375 e. The van der Waals surface area contributed by atoms with Gasteiger partial charge < -0.3 is 10.6 Å². The van der Waals surface area contributed by atoms with Crippen LogP contribution in [0.5, 0.6) is 0 Å². The molecule has 11 heteroatoms. The lowest BCUT2D eigenvalue weighted by molar-refractivity contribution is -0.137. The van der Waals surface area contributed by atoms with Gasteiger partial charge in [0.2, 0.25) is 0 Å². The first kappa shape index (κ1) is 24.2. The van der Waals surface area contributed by atoms with E-state index in [2.05, 4.69) is 22.7 Å². The zero-order valence-electron chi connectivity index (χ0n) is 17.0. The average Bonchev–Trinajstić information content (AvgIpc) is 2.95. The van der Waals surface area contributed by atoms with E-state index in [1.54, 1.807) is 23.1 Å². The predicted octanol–water partition coefficient (Wildman–Crippen LogP) is 4.38. The highest BCUT2D eigenvalue weighted by atomic mass is 35.5. The van der Waals surface area contributed by atoms with E-state index in [9.17, 15) is 17.6 Å². The van der Waals surface area contributed by atoms with E-state index in [4.69, 9.17) is 17.3 Å². The van der Waals surface area contributed by atoms with Crippen molar-refractivity contribution in [2.75, 3.05) is 31.1 Å². The van der Waals surface area contributed by atoms with Crippen molar-refractivity contribution in [1.82, 2.24) is 10.3 Å². The molecule has 0 radical (unpaired) electrons. The molecule has 5 nitrogen and oxygen atoms in total. The summed E-state index contributed by atoms with van der Waals surface area (Å²) in [7, 11) is 0. The molecule has 0 unspecified atom stereocenters. The average molecular weight is 488 g/mol. The number of thiocarbonyl (C=S) groups is 1. The molecule has 1 saturated heterocycles. The van der Waals surface area contributed by atoms with Gasteiger partial charge in [0.25, 0.3) is 0 Å². The Balaban J connectivity index is 1.77. The molecule has 172 valence electrons. The number of hydrogen-bond donors (Lipinski definition) is 2. The summed E-state index contributed by atoms with van der Waals surface area (Å²) in [4.78, 5) is 3.71. The van der Waals surface area contributed by atoms with Crippen molar-refractivity contribution >= 4 is 40.8 Å². The van der Waals surface area contributed by atoms with Crippen LogP contribution in [0.4, 0.5) is 23.2 Å². The second-order valence-corrected chi connectivity index (χ2v) is 8.17. The number of rotatable bonds is 5. The molecule has 1 fully saturated rings. The highest BCUT2D eigenvalue weighted by Crippen LogP contribution is 2.37. The Morgan fingerprint density at radius 3 is 2.66 bits per heavy atom. The van der Waals surface area contributed by atoms with Gasteiger partial charge in [0.15, 0.2) is 5.11 Å². The summed E-state index contributed by atoms with van der Waals surface area (Å²) in [6, 6.07) is 8.55. The number of hydrazone groups is 1. The molecule has 0 bridgehead atoms. The van der Waals surface area contributed by atoms with Gasteiger partial charge in [-0.3, -0.25) is 10.3 Å². The van der Waals surface area contributed by atoms with Crippen molar-refractivity contribution in [3.63, 3.8) is 0 Å². The van der Waals surface area contributed by atoms with E-state index in [1.165, 1.54) is 18.3 Å². The number of halogens is 5. The summed E-state index contributed by atoms with van der Waals surface area (Å²) in [5.74, 6) is -0.389. The molecule has 0 atom stereocenters. The van der Waals surface area contributed by atoms with Crippen molar-refractivity contribution < 1.29 is 17.6 Å². The molecule has 0 aromatic heterocycles. The molecular weight excluding hydrogens is 466 g/mol. The number of benzene rings is 2. The highest BCUT2D eigenvalue weighted by Gasteiger charge is 2.35. The number of nitrogens with zero attached hydrogens (tertiary/aromatic N) is 3. The Morgan fingerprint density at radius 2 is 1.97 bits per heavy atom. The number of nitrogens with two attached hydrogens (primary N) is 1. The SMILES string of the molecule is NC(=S)NN=Cc1ccc(N2CCCN(Cc3c(F)cccc3Cl)CC2)c(C(F)(F)F)c1. The summed E-state index contributed by atoms with van der Waals surface area (Å²) < 4.78 is 55.5. The molecule has 2 aromatic carbocycles. The van der Waals surface area contributed by atoms with Crippen LogP contribution < -0.4 is 16.1 Å². The summed E-state index contributed by atoms with van der Waals surface area (Å²) in [6.07, 6.45) is -2.69. The van der Waals surface area contributed by atoms with Gasteiger partial charge in [-0.1, -0.05) is 23.7 Å². The Kier molecular flexibility index (Phi) is 7.91. The van der Waals surface area contributed by atoms with Gasteiger partial charge in [0.05, 0.1) is 11.8 Å². The van der Waals surface area contributed by atoms with Crippen molar-refractivity contribution in [3.8, 4) is 0 Å². The van der Waals surface area contributed by atoms with Crippen LogP contribution >= 0.6 is 23.8 Å². The van der Waals surface area contributed by atoms with Crippen molar-refractivity contribution in [3.05, 3.63) is 63.9 Å². The third kappa shape index (κ3) is 6.30. The largest absolute Gasteiger partial charge is 0.418 e. The lowest BCUT2D eigenvalue weighted by Gasteiger charge is -2.27. The summed E-state index contributed by atoms with van der Waals surface area (Å²) in [5, 5.41) is 3.97. The van der Waals surface area contributed by atoms with E-state index < -0.39 is 11.7 Å². The standard InChI is InChI=1S/C21H22ClF4N5S/c22-17-3-1-4-18(23)15(17)13-30-7-2-8-31(10-9-30)19-6-5-14(12-28-29-20(27)32)11-16(19)21(24,25)26/h1,3-6,11-12H,2,7-10,13H2,(H3,27,29,32). The molecule has 0 amide bonds. The minimum Gasteiger partial charge on any atom is -0.375 e. The van der Waals surface area contributed by atoms with Crippen molar-refractivity contribution in [2.24, 2.45) is 10.8 Å². The molecular formula is C21H22ClF4N5S. The maximum absolute atomic E-state index is 14.1. The third-order valence-electron chi connectivity index (χ3n) is 5.09. The first-order valence-corrected chi connectivity index (χ1v) is 10.6. The lowest BCUT2D eigenvalue weighted by Crippen LogP contribution is -2.32. The lowest BCUT2D eigenvalue weighted by atomic mass is 10.1. The van der Waals surface area contributed by atoms with E-state index in [0.717, 1.165) is 6.07 Å². The zero-order chi connectivity index (χ0) is 23.3. The summed E-state index contributed by atoms with van der Waals surface area (Å²) in [5.41, 5.74) is 7.58. The Hall–Kier alpha value is -2.43. The van der Waals surface area contributed by atoms with Gasteiger partial charge in [-0.25, -0.2) is 4.39 Å². The predicted molar refractivity (Wildman–Crippen MR) is 122 cm³/mol. The first-order valence-electron chi connectivity index (χ1n) is 9.85. The fourth-order valence-electron chi connectivity index (χ4n) is 3.58. The van der Waals surface area contributed by atoms with Crippen LogP contribution in [0.25, 0.3) is 0 Å². The minimum absolute atomic E-state index is 0.0836. The van der Waals surface area contributed by atoms with E-state index in [-0.39, 0.29) is 22.2 Å². The molecule has 0 spiro atoms. The van der Waals surface area contributed by atoms with Crippen LogP contribution in [0.15, 0.2) is 41.5 Å². The topological polar surface area (TPSA) is 56.9 Å². The Labute approximate surface area is 193 Å².